The molecule has 0 aliphatic heterocycles. The molecule has 0 fully saturated rings. The van der Waals surface area contributed by atoms with Crippen LogP contribution in [0.4, 0.5) is 10.7 Å². The Morgan fingerprint density at radius 1 is 1.18 bits per heavy atom. The normalized spacial score (nSPS) is 13.5. The molecular formula is C25H30N6OS2. The van der Waals surface area contributed by atoms with Crippen LogP contribution in [0.15, 0.2) is 29.4 Å². The van der Waals surface area contributed by atoms with Gasteiger partial charge in [0, 0.05) is 36.8 Å². The standard InChI is InChI=1S/C25H30N6OS2/c1-4-31-23(17-11-13-18(14-12-17)30(2)3)28-29-25(31)33-16-22(32)27-24-20(15-26)19-9-7-5-6-8-10-21(19)34-24/h11-14H,4-10,16H2,1-3H3,(H,27,32). The fraction of sp³-hybridized carbons (Fsp3) is 0.440. The molecule has 2 aromatic heterocycles. The first-order valence-corrected chi connectivity index (χ1v) is 13.5. The summed E-state index contributed by atoms with van der Waals surface area (Å²) in [5.74, 6) is 0.879. The van der Waals surface area contributed by atoms with Crippen LogP contribution in [0.3, 0.4) is 0 Å². The Balaban J connectivity index is 1.45. The highest BCUT2D eigenvalue weighted by atomic mass is 32.2. The third-order valence-corrected chi connectivity index (χ3v) is 8.22. The zero-order valence-corrected chi connectivity index (χ0v) is 21.6. The lowest BCUT2D eigenvalue weighted by atomic mass is 9.97. The number of amides is 1. The molecule has 9 heteroatoms. The molecule has 178 valence electrons. The van der Waals surface area contributed by atoms with Crippen molar-refractivity contribution in [2.24, 2.45) is 0 Å². The number of nitrogens with zero attached hydrogens (tertiary/aromatic N) is 5. The molecule has 0 unspecified atom stereocenters. The Morgan fingerprint density at radius 2 is 1.91 bits per heavy atom. The van der Waals surface area contributed by atoms with E-state index >= 15 is 0 Å². The first kappa shape index (κ1) is 24.3. The van der Waals surface area contributed by atoms with Crippen molar-refractivity contribution in [3.8, 4) is 17.5 Å². The van der Waals surface area contributed by atoms with E-state index in [-0.39, 0.29) is 11.7 Å². The summed E-state index contributed by atoms with van der Waals surface area (Å²) in [5.41, 5.74) is 3.91. The molecule has 0 saturated carbocycles. The van der Waals surface area contributed by atoms with Crippen LogP contribution in [0.1, 0.15) is 48.6 Å². The van der Waals surface area contributed by atoms with Crippen molar-refractivity contribution in [1.82, 2.24) is 14.8 Å². The maximum atomic E-state index is 12.8. The Bertz CT molecular complexity index is 1190. The van der Waals surface area contributed by atoms with Gasteiger partial charge >= 0.3 is 0 Å². The van der Waals surface area contributed by atoms with E-state index in [1.54, 1.807) is 11.3 Å². The number of rotatable bonds is 7. The van der Waals surface area contributed by atoms with Crippen LogP contribution in [-0.4, -0.2) is 40.5 Å². The van der Waals surface area contributed by atoms with Gasteiger partial charge in [0.05, 0.1) is 11.3 Å². The monoisotopic (exact) mass is 494 g/mol. The van der Waals surface area contributed by atoms with Crippen molar-refractivity contribution in [1.29, 1.82) is 5.26 Å². The molecule has 0 saturated heterocycles. The van der Waals surface area contributed by atoms with Crippen LogP contribution in [0.25, 0.3) is 11.4 Å². The lowest BCUT2D eigenvalue weighted by Crippen LogP contribution is -2.14. The third kappa shape index (κ3) is 5.29. The topological polar surface area (TPSA) is 86.8 Å². The van der Waals surface area contributed by atoms with Gasteiger partial charge in [-0.1, -0.05) is 24.6 Å². The van der Waals surface area contributed by atoms with Crippen molar-refractivity contribution in [2.75, 3.05) is 30.1 Å². The van der Waals surface area contributed by atoms with Gasteiger partial charge in [-0.15, -0.1) is 21.5 Å². The number of thioether (sulfide) groups is 1. The average molecular weight is 495 g/mol. The lowest BCUT2D eigenvalue weighted by molar-refractivity contribution is -0.113. The summed E-state index contributed by atoms with van der Waals surface area (Å²) in [6.45, 7) is 2.75. The summed E-state index contributed by atoms with van der Waals surface area (Å²) < 4.78 is 2.03. The summed E-state index contributed by atoms with van der Waals surface area (Å²) >= 11 is 2.94. The zero-order valence-electron chi connectivity index (χ0n) is 19.9. The SMILES string of the molecule is CCn1c(SCC(=O)Nc2sc3c(c2C#N)CCCCCC3)nnc1-c1ccc(N(C)C)cc1. The maximum absolute atomic E-state index is 12.8. The first-order valence-electron chi connectivity index (χ1n) is 11.7. The number of anilines is 2. The number of aryl methyl sites for hydroxylation is 1. The lowest BCUT2D eigenvalue weighted by Gasteiger charge is -2.13. The molecule has 0 atom stereocenters. The Labute approximate surface area is 209 Å². The molecule has 2 heterocycles. The number of aromatic nitrogens is 3. The second-order valence-corrected chi connectivity index (χ2v) is 10.6. The Hall–Kier alpha value is -2.83. The fourth-order valence-electron chi connectivity index (χ4n) is 4.22. The minimum absolute atomic E-state index is 0.127. The highest BCUT2D eigenvalue weighted by Crippen LogP contribution is 2.36. The fourth-order valence-corrected chi connectivity index (χ4v) is 6.28. The van der Waals surface area contributed by atoms with E-state index in [0.717, 1.165) is 48.3 Å². The Morgan fingerprint density at radius 3 is 2.59 bits per heavy atom. The highest BCUT2D eigenvalue weighted by Gasteiger charge is 2.21. The van der Waals surface area contributed by atoms with Crippen molar-refractivity contribution in [3.63, 3.8) is 0 Å². The van der Waals surface area contributed by atoms with E-state index in [1.165, 1.54) is 29.5 Å². The third-order valence-electron chi connectivity index (χ3n) is 6.04. The van der Waals surface area contributed by atoms with Crippen molar-refractivity contribution >= 4 is 39.7 Å². The summed E-state index contributed by atoms with van der Waals surface area (Å²) in [4.78, 5) is 16.1. The van der Waals surface area contributed by atoms with Gasteiger partial charge in [0.15, 0.2) is 11.0 Å². The van der Waals surface area contributed by atoms with Gasteiger partial charge in [0.25, 0.3) is 0 Å². The number of benzene rings is 1. The molecular weight excluding hydrogens is 464 g/mol. The predicted octanol–water partition coefficient (Wildman–Crippen LogP) is 5.35. The van der Waals surface area contributed by atoms with E-state index in [1.807, 2.05) is 37.7 Å². The van der Waals surface area contributed by atoms with Gasteiger partial charge < -0.3 is 14.8 Å². The largest absolute Gasteiger partial charge is 0.378 e. The van der Waals surface area contributed by atoms with Gasteiger partial charge in [-0.05, 0) is 62.4 Å². The van der Waals surface area contributed by atoms with Crippen molar-refractivity contribution in [2.45, 2.75) is 57.1 Å². The van der Waals surface area contributed by atoms with Gasteiger partial charge in [0.1, 0.15) is 11.1 Å². The highest BCUT2D eigenvalue weighted by molar-refractivity contribution is 7.99. The Kier molecular flexibility index (Phi) is 7.91. The first-order chi connectivity index (χ1) is 16.5. The minimum Gasteiger partial charge on any atom is -0.378 e. The minimum atomic E-state index is -0.127. The molecule has 1 aromatic carbocycles. The number of nitrogens with one attached hydrogen (secondary N) is 1. The molecule has 1 amide bonds. The van der Waals surface area contributed by atoms with E-state index in [4.69, 9.17) is 0 Å². The van der Waals surface area contributed by atoms with E-state index in [0.29, 0.717) is 22.3 Å². The molecule has 4 rings (SSSR count). The van der Waals surface area contributed by atoms with Gasteiger partial charge in [0.2, 0.25) is 5.91 Å². The molecule has 1 aliphatic carbocycles. The number of thiophene rings is 1. The molecule has 1 N–H and O–H groups in total. The van der Waals surface area contributed by atoms with Crippen LogP contribution in [-0.2, 0) is 24.2 Å². The number of hydrogen-bond donors (Lipinski definition) is 1. The second kappa shape index (κ2) is 11.1. The number of carbonyl (C=O) groups excluding carboxylic acids is 1. The molecule has 0 radical (unpaired) electrons. The van der Waals surface area contributed by atoms with E-state index in [2.05, 4.69) is 38.6 Å². The predicted molar refractivity (Wildman–Crippen MR) is 140 cm³/mol. The smallest absolute Gasteiger partial charge is 0.235 e. The van der Waals surface area contributed by atoms with E-state index < -0.39 is 0 Å². The molecule has 0 bridgehead atoms. The number of fused-ring (bicyclic) bond motifs is 1. The maximum Gasteiger partial charge on any atom is 0.235 e. The van der Waals surface area contributed by atoms with Gasteiger partial charge in [-0.2, -0.15) is 5.26 Å². The molecule has 34 heavy (non-hydrogen) atoms. The van der Waals surface area contributed by atoms with Crippen LogP contribution in [0.2, 0.25) is 0 Å². The second-order valence-electron chi connectivity index (χ2n) is 8.56. The molecule has 1 aliphatic rings. The quantitative estimate of drug-likeness (QED) is 0.445. The zero-order chi connectivity index (χ0) is 24.1. The number of nitriles is 1. The molecule has 3 aromatic rings. The molecule has 7 nitrogen and oxygen atoms in total. The summed E-state index contributed by atoms with van der Waals surface area (Å²) in [6.07, 6.45) is 6.62. The molecule has 0 spiro atoms. The summed E-state index contributed by atoms with van der Waals surface area (Å²) in [5, 5.41) is 22.9. The number of carbonyl (C=O) groups is 1. The van der Waals surface area contributed by atoms with Gasteiger partial charge in [-0.3, -0.25) is 4.79 Å². The van der Waals surface area contributed by atoms with Crippen molar-refractivity contribution in [3.05, 3.63) is 40.3 Å². The van der Waals surface area contributed by atoms with Crippen LogP contribution >= 0.6 is 23.1 Å². The number of hydrogen-bond acceptors (Lipinski definition) is 7. The van der Waals surface area contributed by atoms with Crippen molar-refractivity contribution < 1.29 is 4.79 Å². The average Bonchev–Trinajstić information content (AvgIpc) is 3.37. The van der Waals surface area contributed by atoms with Crippen LogP contribution in [0, 0.1) is 11.3 Å². The van der Waals surface area contributed by atoms with Crippen LogP contribution < -0.4 is 10.2 Å². The van der Waals surface area contributed by atoms with Gasteiger partial charge in [-0.25, -0.2) is 0 Å². The summed E-state index contributed by atoms with van der Waals surface area (Å²) in [6, 6.07) is 10.5. The van der Waals surface area contributed by atoms with E-state index in [9.17, 15) is 10.1 Å². The summed E-state index contributed by atoms with van der Waals surface area (Å²) in [7, 11) is 4.02. The van der Waals surface area contributed by atoms with Crippen LogP contribution in [0.5, 0.6) is 0 Å².